The molecule has 0 radical (unpaired) electrons. The van der Waals surface area contributed by atoms with Crippen molar-refractivity contribution in [3.8, 4) is 0 Å². The first kappa shape index (κ1) is 13.0. The highest BCUT2D eigenvalue weighted by molar-refractivity contribution is 8.11. The third kappa shape index (κ3) is 3.05. The van der Waals surface area contributed by atoms with Crippen LogP contribution in [0.1, 0.15) is 10.6 Å². The molecule has 6 nitrogen and oxygen atoms in total. The molecule has 1 N–H and O–H groups in total. The van der Waals surface area contributed by atoms with Gasteiger partial charge in [-0.15, -0.1) is 0 Å². The Hall–Kier alpha value is -1.47. The number of hydrogen-bond acceptors (Lipinski definition) is 6. The average Bonchev–Trinajstić information content (AvgIpc) is 2.92. The van der Waals surface area contributed by atoms with Crippen LogP contribution in [0.3, 0.4) is 0 Å². The summed E-state index contributed by atoms with van der Waals surface area (Å²) in [6.07, 6.45) is 1.50. The van der Waals surface area contributed by atoms with Gasteiger partial charge in [0.25, 0.3) is 11.1 Å². The van der Waals surface area contributed by atoms with Gasteiger partial charge in [-0.1, -0.05) is 0 Å². The average molecular weight is 269 g/mol. The Bertz CT molecular complexity index is 413. The number of nitrogens with one attached hydrogen (secondary N) is 1. The van der Waals surface area contributed by atoms with Gasteiger partial charge in [-0.2, -0.15) is 0 Å². The maximum atomic E-state index is 12.0. The van der Waals surface area contributed by atoms with E-state index in [0.717, 1.165) is 0 Å². The molecule has 0 aromatic carbocycles. The van der Waals surface area contributed by atoms with Gasteiger partial charge in [0.1, 0.15) is 0 Å². The molecule has 1 amide bonds. The lowest BCUT2D eigenvalue weighted by Gasteiger charge is -2.32. The maximum Gasteiger partial charge on any atom is 0.289 e. The zero-order valence-corrected chi connectivity index (χ0v) is 10.9. The van der Waals surface area contributed by atoms with E-state index >= 15 is 0 Å². The SMILES string of the molecule is COC(=N)SN1CCN(C(=O)c2ccco2)CC1. The molecule has 0 aliphatic carbocycles. The molecule has 1 aromatic heterocycles. The first-order valence-corrected chi connectivity index (χ1v) is 6.36. The molecule has 18 heavy (non-hydrogen) atoms. The molecule has 1 aliphatic heterocycles. The van der Waals surface area contributed by atoms with Crippen LogP contribution in [0, 0.1) is 5.41 Å². The second kappa shape index (κ2) is 5.92. The Morgan fingerprint density at radius 3 is 2.72 bits per heavy atom. The van der Waals surface area contributed by atoms with Crippen molar-refractivity contribution in [1.82, 2.24) is 9.21 Å². The minimum atomic E-state index is -0.0773. The van der Waals surface area contributed by atoms with E-state index in [4.69, 9.17) is 14.6 Å². The number of methoxy groups -OCH3 is 1. The molecule has 1 aromatic rings. The van der Waals surface area contributed by atoms with Crippen molar-refractivity contribution in [1.29, 1.82) is 5.41 Å². The number of rotatable bonds is 2. The Labute approximate surface area is 110 Å². The van der Waals surface area contributed by atoms with E-state index in [9.17, 15) is 4.79 Å². The van der Waals surface area contributed by atoms with Gasteiger partial charge in [0.05, 0.1) is 13.4 Å². The molecule has 1 saturated heterocycles. The van der Waals surface area contributed by atoms with E-state index in [0.29, 0.717) is 31.9 Å². The Kier molecular flexibility index (Phi) is 4.27. The van der Waals surface area contributed by atoms with Gasteiger partial charge >= 0.3 is 0 Å². The predicted octanol–water partition coefficient (Wildman–Crippen LogP) is 1.27. The van der Waals surface area contributed by atoms with Crippen LogP contribution in [0.2, 0.25) is 0 Å². The van der Waals surface area contributed by atoms with E-state index in [-0.39, 0.29) is 11.1 Å². The largest absolute Gasteiger partial charge is 0.476 e. The topological polar surface area (TPSA) is 69.8 Å². The van der Waals surface area contributed by atoms with Crippen molar-refractivity contribution in [3.63, 3.8) is 0 Å². The van der Waals surface area contributed by atoms with Crippen molar-refractivity contribution in [2.75, 3.05) is 33.3 Å². The van der Waals surface area contributed by atoms with Crippen LogP contribution in [0.5, 0.6) is 0 Å². The number of piperazine rings is 1. The molecule has 2 heterocycles. The molecule has 2 rings (SSSR count). The van der Waals surface area contributed by atoms with Crippen LogP contribution in [-0.4, -0.2) is 53.6 Å². The Morgan fingerprint density at radius 2 is 2.17 bits per heavy atom. The highest BCUT2D eigenvalue weighted by atomic mass is 32.2. The van der Waals surface area contributed by atoms with Crippen LogP contribution in [-0.2, 0) is 4.74 Å². The number of amides is 1. The van der Waals surface area contributed by atoms with E-state index < -0.39 is 0 Å². The molecule has 1 aliphatic rings. The number of furan rings is 1. The van der Waals surface area contributed by atoms with Crippen molar-refractivity contribution < 1.29 is 13.9 Å². The molecule has 98 valence electrons. The molecule has 0 unspecified atom stereocenters. The lowest BCUT2D eigenvalue weighted by molar-refractivity contribution is 0.0672. The lowest BCUT2D eigenvalue weighted by atomic mass is 10.3. The van der Waals surface area contributed by atoms with Crippen LogP contribution >= 0.6 is 11.9 Å². The summed E-state index contributed by atoms with van der Waals surface area (Å²) in [4.78, 5) is 13.7. The van der Waals surface area contributed by atoms with Gasteiger partial charge in [-0.25, -0.2) is 4.31 Å². The predicted molar refractivity (Wildman–Crippen MR) is 68.5 cm³/mol. The fourth-order valence-electron chi connectivity index (χ4n) is 1.69. The summed E-state index contributed by atoms with van der Waals surface area (Å²) in [6.45, 7) is 2.68. The number of hydrogen-bond donors (Lipinski definition) is 1. The third-order valence-electron chi connectivity index (χ3n) is 2.66. The van der Waals surface area contributed by atoms with Gasteiger partial charge in [0.2, 0.25) is 0 Å². The molecular weight excluding hydrogens is 254 g/mol. The minimum absolute atomic E-state index is 0.0773. The fraction of sp³-hybridized carbons (Fsp3) is 0.455. The normalized spacial score (nSPS) is 16.6. The first-order chi connectivity index (χ1) is 8.70. The number of carbonyl (C=O) groups excluding carboxylic acids is 1. The van der Waals surface area contributed by atoms with Gasteiger partial charge in [0, 0.05) is 38.1 Å². The third-order valence-corrected chi connectivity index (χ3v) is 3.61. The molecule has 0 saturated carbocycles. The smallest absolute Gasteiger partial charge is 0.289 e. The summed E-state index contributed by atoms with van der Waals surface area (Å²) in [6, 6.07) is 3.38. The van der Waals surface area contributed by atoms with Gasteiger partial charge in [-0.3, -0.25) is 10.2 Å². The summed E-state index contributed by atoms with van der Waals surface area (Å²) in [7, 11) is 1.48. The molecule has 7 heteroatoms. The van der Waals surface area contributed by atoms with Gasteiger partial charge < -0.3 is 14.1 Å². The van der Waals surface area contributed by atoms with Crippen molar-refractivity contribution in [2.45, 2.75) is 0 Å². The van der Waals surface area contributed by atoms with Crippen LogP contribution < -0.4 is 0 Å². The quantitative estimate of drug-likeness (QED) is 0.497. The molecule has 1 fully saturated rings. The minimum Gasteiger partial charge on any atom is -0.476 e. The van der Waals surface area contributed by atoms with Gasteiger partial charge in [-0.05, 0) is 12.1 Å². The second-order valence-corrected chi connectivity index (χ2v) is 4.85. The van der Waals surface area contributed by atoms with E-state index in [1.54, 1.807) is 17.0 Å². The molecule has 0 bridgehead atoms. The van der Waals surface area contributed by atoms with E-state index in [1.807, 2.05) is 4.31 Å². The summed E-state index contributed by atoms with van der Waals surface area (Å²) >= 11 is 1.26. The number of ether oxygens (including phenoxy) is 1. The first-order valence-electron chi connectivity index (χ1n) is 5.59. The zero-order chi connectivity index (χ0) is 13.0. The molecule has 0 spiro atoms. The maximum absolute atomic E-state index is 12.0. The summed E-state index contributed by atoms with van der Waals surface area (Å²) in [5.41, 5.74) is 0. The summed E-state index contributed by atoms with van der Waals surface area (Å²) in [5.74, 6) is 0.298. The highest BCUT2D eigenvalue weighted by Crippen LogP contribution is 2.16. The number of nitrogens with zero attached hydrogens (tertiary/aromatic N) is 2. The standard InChI is InChI=1S/C11H15N3O3S/c1-16-11(12)18-14-6-4-13(5-7-14)10(15)9-3-2-8-17-9/h2-3,8,12H,4-7H2,1H3. The highest BCUT2D eigenvalue weighted by Gasteiger charge is 2.24. The number of carbonyl (C=O) groups is 1. The van der Waals surface area contributed by atoms with Crippen molar-refractivity contribution >= 4 is 23.1 Å². The van der Waals surface area contributed by atoms with Crippen LogP contribution in [0.4, 0.5) is 0 Å². The Morgan fingerprint density at radius 1 is 1.44 bits per heavy atom. The van der Waals surface area contributed by atoms with E-state index in [2.05, 4.69) is 0 Å². The Balaban J connectivity index is 1.83. The van der Waals surface area contributed by atoms with Gasteiger partial charge in [0.15, 0.2) is 5.76 Å². The fourth-order valence-corrected chi connectivity index (χ4v) is 2.35. The molecular formula is C11H15N3O3S. The monoisotopic (exact) mass is 269 g/mol. The van der Waals surface area contributed by atoms with Crippen LogP contribution in [0.15, 0.2) is 22.8 Å². The van der Waals surface area contributed by atoms with E-state index in [1.165, 1.54) is 25.3 Å². The zero-order valence-electron chi connectivity index (χ0n) is 10.1. The molecule has 0 atom stereocenters. The van der Waals surface area contributed by atoms with Crippen LogP contribution in [0.25, 0.3) is 0 Å². The summed E-state index contributed by atoms with van der Waals surface area (Å²) in [5, 5.41) is 7.59. The second-order valence-electron chi connectivity index (χ2n) is 3.78. The van der Waals surface area contributed by atoms with Crippen molar-refractivity contribution in [2.24, 2.45) is 0 Å². The van der Waals surface area contributed by atoms with Crippen molar-refractivity contribution in [3.05, 3.63) is 24.2 Å². The lowest BCUT2D eigenvalue weighted by Crippen LogP contribution is -2.46. The summed E-state index contributed by atoms with van der Waals surface area (Å²) < 4.78 is 11.9.